The number of rotatable bonds is 10. The Balaban J connectivity index is 1.37. The van der Waals surface area contributed by atoms with Gasteiger partial charge in [-0.25, -0.2) is 13.2 Å². The monoisotopic (exact) mass is 535 g/mol. The molecule has 2 N–H and O–H groups in total. The van der Waals surface area contributed by atoms with Crippen molar-refractivity contribution in [1.29, 1.82) is 0 Å². The third-order valence-electron chi connectivity index (χ3n) is 7.14. The molecule has 1 aromatic heterocycles. The molecule has 2 aromatic carbocycles. The number of carboxylic acid groups (broad SMARTS) is 1. The minimum Gasteiger partial charge on any atom is -0.497 e. The van der Waals surface area contributed by atoms with Gasteiger partial charge in [-0.3, -0.25) is 9.78 Å². The number of alkyl halides is 1. The van der Waals surface area contributed by atoms with Crippen molar-refractivity contribution in [2.45, 2.75) is 31.9 Å². The first-order chi connectivity index (χ1) is 17.7. The van der Waals surface area contributed by atoms with E-state index < -0.39 is 29.2 Å². The van der Waals surface area contributed by atoms with Crippen molar-refractivity contribution in [3.63, 3.8) is 0 Å². The van der Waals surface area contributed by atoms with Gasteiger partial charge in [0.1, 0.15) is 23.6 Å². The van der Waals surface area contributed by atoms with Crippen LogP contribution in [-0.2, 0) is 4.79 Å². The van der Waals surface area contributed by atoms with Crippen LogP contribution in [0, 0.1) is 17.0 Å². The number of nitrogens with one attached hydrogen (secondary N) is 1. The summed E-state index contributed by atoms with van der Waals surface area (Å²) in [6.45, 7) is 2.09. The van der Waals surface area contributed by atoms with E-state index in [0.29, 0.717) is 66.9 Å². The van der Waals surface area contributed by atoms with Crippen molar-refractivity contribution in [3.8, 4) is 5.75 Å². The Kier molecular flexibility index (Phi) is 8.44. The lowest BCUT2D eigenvalue weighted by molar-refractivity contribution is -0.153. The molecule has 1 aliphatic heterocycles. The third kappa shape index (κ3) is 6.27. The molecule has 1 atom stereocenters. The fraction of sp³-hybridized carbons (Fsp3) is 0.407. The molecule has 0 radical (unpaired) electrons. The summed E-state index contributed by atoms with van der Waals surface area (Å²) in [4.78, 5) is 18.6. The smallest absolute Gasteiger partial charge is 0.309 e. The number of nitrogens with zero attached hydrogens (tertiary/aromatic N) is 2. The number of ether oxygens (including phenoxy) is 1. The standard InChI is InChI=1S/C27H29ClF3N3O3/c1-37-20-2-3-24-21(15-20)25(22(28)16-33-24)23(31)4-5-27(26(35)36)6-9-34(10-7-27)11-8-32-19-13-17(29)12-18(30)14-19/h2-3,12-16,23,32H,4-11H2,1H3,(H,35,36). The van der Waals surface area contributed by atoms with Gasteiger partial charge in [-0.1, -0.05) is 11.6 Å². The molecule has 6 nitrogen and oxygen atoms in total. The van der Waals surface area contributed by atoms with Crippen molar-refractivity contribution in [1.82, 2.24) is 9.88 Å². The minimum atomic E-state index is -1.46. The number of anilines is 1. The molecule has 1 unspecified atom stereocenters. The van der Waals surface area contributed by atoms with Gasteiger partial charge in [0.15, 0.2) is 0 Å². The first-order valence-electron chi connectivity index (χ1n) is 12.1. The summed E-state index contributed by atoms with van der Waals surface area (Å²) in [6.07, 6.45) is 0.882. The number of hydrogen-bond acceptors (Lipinski definition) is 5. The van der Waals surface area contributed by atoms with E-state index in [-0.39, 0.29) is 17.9 Å². The number of pyridine rings is 1. The van der Waals surface area contributed by atoms with Gasteiger partial charge in [0.25, 0.3) is 0 Å². The summed E-state index contributed by atoms with van der Waals surface area (Å²) in [5.74, 6) is -1.69. The molecule has 198 valence electrons. The highest BCUT2D eigenvalue weighted by atomic mass is 35.5. The number of likely N-dealkylation sites (tertiary alicyclic amines) is 1. The lowest BCUT2D eigenvalue weighted by Crippen LogP contribution is -2.45. The van der Waals surface area contributed by atoms with Gasteiger partial charge in [0.2, 0.25) is 0 Å². The summed E-state index contributed by atoms with van der Waals surface area (Å²) < 4.78 is 47.6. The van der Waals surface area contributed by atoms with E-state index in [0.717, 1.165) is 6.07 Å². The maximum Gasteiger partial charge on any atom is 0.309 e. The van der Waals surface area contributed by atoms with Crippen molar-refractivity contribution in [2.24, 2.45) is 5.41 Å². The molecule has 1 saturated heterocycles. The molecule has 0 bridgehead atoms. The Morgan fingerprint density at radius 2 is 1.92 bits per heavy atom. The zero-order chi connectivity index (χ0) is 26.6. The largest absolute Gasteiger partial charge is 0.497 e. The topological polar surface area (TPSA) is 74.7 Å². The summed E-state index contributed by atoms with van der Waals surface area (Å²) in [5, 5.41) is 13.8. The normalized spacial score (nSPS) is 16.5. The number of carboxylic acids is 1. The van der Waals surface area contributed by atoms with Crippen LogP contribution < -0.4 is 10.1 Å². The van der Waals surface area contributed by atoms with Crippen molar-refractivity contribution in [3.05, 3.63) is 64.8 Å². The van der Waals surface area contributed by atoms with Crippen LogP contribution in [0.2, 0.25) is 5.02 Å². The molecule has 37 heavy (non-hydrogen) atoms. The molecule has 10 heteroatoms. The molecule has 3 aromatic rings. The van der Waals surface area contributed by atoms with Crippen LogP contribution in [0.3, 0.4) is 0 Å². The highest BCUT2D eigenvalue weighted by Gasteiger charge is 2.41. The summed E-state index contributed by atoms with van der Waals surface area (Å²) in [5.41, 5.74) is 0.192. The zero-order valence-electron chi connectivity index (χ0n) is 20.4. The molecule has 0 saturated carbocycles. The minimum absolute atomic E-state index is 0.00896. The van der Waals surface area contributed by atoms with Crippen LogP contribution in [0.25, 0.3) is 10.9 Å². The fourth-order valence-corrected chi connectivity index (χ4v) is 5.22. The molecular weight excluding hydrogens is 507 g/mol. The molecule has 0 spiro atoms. The van der Waals surface area contributed by atoms with E-state index in [4.69, 9.17) is 16.3 Å². The van der Waals surface area contributed by atoms with Crippen molar-refractivity contribution in [2.75, 3.05) is 38.6 Å². The van der Waals surface area contributed by atoms with E-state index >= 15 is 4.39 Å². The van der Waals surface area contributed by atoms with Crippen LogP contribution in [-0.4, -0.2) is 54.2 Å². The van der Waals surface area contributed by atoms with E-state index in [9.17, 15) is 18.7 Å². The van der Waals surface area contributed by atoms with E-state index in [1.165, 1.54) is 25.4 Å². The van der Waals surface area contributed by atoms with Crippen LogP contribution in [0.5, 0.6) is 5.75 Å². The molecule has 0 amide bonds. The summed E-state index contributed by atoms with van der Waals surface area (Å²) in [7, 11) is 1.52. The second-order valence-corrected chi connectivity index (χ2v) is 9.83. The lowest BCUT2D eigenvalue weighted by atomic mass is 9.74. The molecular formula is C27H29ClF3N3O3. The Hall–Kier alpha value is -3.04. The SMILES string of the molecule is COc1ccc2ncc(Cl)c(C(F)CCC3(C(=O)O)CCN(CCNc4cc(F)cc(F)c4)CC3)c2c1. The highest BCUT2D eigenvalue weighted by Crippen LogP contribution is 2.42. The van der Waals surface area contributed by atoms with Gasteiger partial charge in [-0.2, -0.15) is 0 Å². The van der Waals surface area contributed by atoms with E-state index in [2.05, 4.69) is 15.2 Å². The predicted octanol–water partition coefficient (Wildman–Crippen LogP) is 6.24. The zero-order valence-corrected chi connectivity index (χ0v) is 21.2. The maximum absolute atomic E-state index is 15.6. The molecule has 1 aliphatic rings. The number of aromatic nitrogens is 1. The summed E-state index contributed by atoms with van der Waals surface area (Å²) >= 11 is 6.33. The second kappa shape index (κ2) is 11.6. The Morgan fingerprint density at radius 1 is 1.22 bits per heavy atom. The van der Waals surface area contributed by atoms with E-state index in [1.54, 1.807) is 18.2 Å². The van der Waals surface area contributed by atoms with Crippen LogP contribution in [0.1, 0.15) is 37.4 Å². The fourth-order valence-electron chi connectivity index (χ4n) is 4.95. The van der Waals surface area contributed by atoms with Gasteiger partial charge < -0.3 is 20.1 Å². The highest BCUT2D eigenvalue weighted by molar-refractivity contribution is 6.32. The number of benzene rings is 2. The number of aliphatic carboxylic acids is 1. The number of methoxy groups -OCH3 is 1. The second-order valence-electron chi connectivity index (χ2n) is 9.42. The molecule has 2 heterocycles. The van der Waals surface area contributed by atoms with E-state index in [1.807, 2.05) is 0 Å². The number of halogens is 4. The first kappa shape index (κ1) is 27.0. The van der Waals surface area contributed by atoms with Gasteiger partial charge in [-0.15, -0.1) is 0 Å². The van der Waals surface area contributed by atoms with Crippen LogP contribution >= 0.6 is 11.6 Å². The number of fused-ring (bicyclic) bond motifs is 1. The Bertz CT molecular complexity index is 1250. The maximum atomic E-state index is 15.6. The van der Waals surface area contributed by atoms with Crippen molar-refractivity contribution < 1.29 is 27.8 Å². The van der Waals surface area contributed by atoms with Gasteiger partial charge >= 0.3 is 5.97 Å². The molecule has 1 fully saturated rings. The average molecular weight is 536 g/mol. The third-order valence-corrected chi connectivity index (χ3v) is 7.45. The quantitative estimate of drug-likeness (QED) is 0.320. The van der Waals surface area contributed by atoms with Crippen molar-refractivity contribution >= 4 is 34.2 Å². The molecule has 4 rings (SSSR count). The first-order valence-corrected chi connectivity index (χ1v) is 12.5. The Labute approximate surface area is 218 Å². The number of hydrogen-bond donors (Lipinski definition) is 2. The van der Waals surface area contributed by atoms with Gasteiger partial charge in [0, 0.05) is 42.0 Å². The summed E-state index contributed by atoms with van der Waals surface area (Å²) in [6, 6.07) is 8.40. The average Bonchev–Trinajstić information content (AvgIpc) is 2.87. The van der Waals surface area contributed by atoms with Crippen LogP contribution in [0.4, 0.5) is 18.9 Å². The Morgan fingerprint density at radius 3 is 2.57 bits per heavy atom. The predicted molar refractivity (Wildman–Crippen MR) is 137 cm³/mol. The number of piperidine rings is 1. The van der Waals surface area contributed by atoms with Crippen LogP contribution in [0.15, 0.2) is 42.6 Å². The van der Waals surface area contributed by atoms with Gasteiger partial charge in [0.05, 0.1) is 23.1 Å². The number of carbonyl (C=O) groups is 1. The molecule has 0 aliphatic carbocycles. The lowest BCUT2D eigenvalue weighted by Gasteiger charge is -2.39. The van der Waals surface area contributed by atoms with Gasteiger partial charge in [-0.05, 0) is 69.1 Å².